The minimum Gasteiger partial charge on any atom is -0.345 e. The number of nitrogens with zero attached hydrogens (tertiary/aromatic N) is 2. The SMILES string of the molecule is B(c1nccn1C[Si](c1ccccc1)(c1ccccc1)C1CC1)C(c1ccccc1)c1ccccc1. The van der Waals surface area contributed by atoms with Crippen molar-refractivity contribution in [2.24, 2.45) is 0 Å². The van der Waals surface area contributed by atoms with Crippen LogP contribution in [0.2, 0.25) is 5.54 Å². The third-order valence-corrected chi connectivity index (χ3v) is 13.4. The Labute approximate surface area is 215 Å². The predicted molar refractivity (Wildman–Crippen MR) is 155 cm³/mol. The normalized spacial score (nSPS) is 13.6. The monoisotopic (exact) mass is 482 g/mol. The summed E-state index contributed by atoms with van der Waals surface area (Å²) in [6.07, 6.45) is 7.92. The van der Waals surface area contributed by atoms with Crippen LogP contribution in [0.5, 0.6) is 0 Å². The average molecular weight is 483 g/mol. The van der Waals surface area contributed by atoms with Crippen molar-refractivity contribution in [2.75, 3.05) is 0 Å². The van der Waals surface area contributed by atoms with E-state index in [-0.39, 0.29) is 5.82 Å². The third kappa shape index (κ3) is 4.49. The molecule has 176 valence electrons. The van der Waals surface area contributed by atoms with E-state index in [9.17, 15) is 0 Å². The van der Waals surface area contributed by atoms with Gasteiger partial charge in [-0.05, 0) is 22.5 Å². The molecule has 1 saturated carbocycles. The second-order valence-electron chi connectivity index (χ2n) is 10.0. The van der Waals surface area contributed by atoms with Crippen molar-refractivity contribution in [1.29, 1.82) is 0 Å². The molecule has 4 aromatic carbocycles. The maximum absolute atomic E-state index is 4.94. The molecule has 0 N–H and O–H groups in total. The van der Waals surface area contributed by atoms with Crippen LogP contribution < -0.4 is 16.1 Å². The summed E-state index contributed by atoms with van der Waals surface area (Å²) in [4.78, 5) is 4.94. The molecule has 0 aliphatic heterocycles. The van der Waals surface area contributed by atoms with Crippen LogP contribution in [0.4, 0.5) is 0 Å². The van der Waals surface area contributed by atoms with Gasteiger partial charge in [0, 0.05) is 18.6 Å². The Kier molecular flexibility index (Phi) is 6.44. The Hall–Kier alpha value is -3.63. The van der Waals surface area contributed by atoms with Crippen LogP contribution in [0.1, 0.15) is 29.8 Å². The lowest BCUT2D eigenvalue weighted by Crippen LogP contribution is -2.63. The smallest absolute Gasteiger partial charge is 0.217 e. The van der Waals surface area contributed by atoms with Gasteiger partial charge in [0.15, 0.2) is 0 Å². The summed E-state index contributed by atoms with van der Waals surface area (Å²) in [6.45, 7) is 0. The van der Waals surface area contributed by atoms with Crippen LogP contribution in [0.15, 0.2) is 134 Å². The first kappa shape index (κ1) is 22.8. The molecular weight excluding hydrogens is 451 g/mol. The van der Waals surface area contributed by atoms with Crippen LogP contribution in [-0.2, 0) is 6.17 Å². The maximum Gasteiger partial charge on any atom is 0.217 e. The zero-order chi connectivity index (χ0) is 24.2. The fourth-order valence-corrected chi connectivity index (χ4v) is 11.4. The lowest BCUT2D eigenvalue weighted by Gasteiger charge is -2.34. The average Bonchev–Trinajstić information content (AvgIpc) is 3.72. The quantitative estimate of drug-likeness (QED) is 0.279. The Morgan fingerprint density at radius 2 is 1.17 bits per heavy atom. The van der Waals surface area contributed by atoms with Crippen LogP contribution in [-0.4, -0.2) is 24.9 Å². The zero-order valence-corrected chi connectivity index (χ0v) is 21.6. The standard InChI is InChI=1S/C32H31BN2Si/c1-5-13-26(14-6-1)31(27-15-7-2-8-16-27)33-32-34-23-24-35(32)25-36(30-21-22-30,28-17-9-3-10-18-28)29-19-11-4-12-20-29/h1-20,23-24,30-31,33H,21-22,25H2. The summed E-state index contributed by atoms with van der Waals surface area (Å²) >= 11 is 0. The first-order valence-corrected chi connectivity index (χ1v) is 15.3. The van der Waals surface area contributed by atoms with Crippen molar-refractivity contribution in [3.63, 3.8) is 0 Å². The summed E-state index contributed by atoms with van der Waals surface area (Å²) in [7, 11) is -1.15. The molecule has 1 aromatic heterocycles. The van der Waals surface area contributed by atoms with Gasteiger partial charge in [0.2, 0.25) is 7.28 Å². The van der Waals surface area contributed by atoms with E-state index in [1.54, 1.807) is 10.4 Å². The fraction of sp³-hybridized carbons (Fsp3) is 0.156. The molecule has 0 bridgehead atoms. The number of aromatic nitrogens is 2. The van der Waals surface area contributed by atoms with Crippen molar-refractivity contribution in [3.05, 3.63) is 145 Å². The first-order chi connectivity index (χ1) is 17.8. The molecule has 36 heavy (non-hydrogen) atoms. The van der Waals surface area contributed by atoms with E-state index < -0.39 is 8.07 Å². The Balaban J connectivity index is 1.41. The van der Waals surface area contributed by atoms with E-state index >= 15 is 0 Å². The molecule has 0 saturated heterocycles. The van der Waals surface area contributed by atoms with Gasteiger partial charge in [-0.3, -0.25) is 4.98 Å². The molecule has 4 heteroatoms. The van der Waals surface area contributed by atoms with E-state index in [2.05, 4.69) is 132 Å². The van der Waals surface area contributed by atoms with Crippen molar-refractivity contribution in [2.45, 2.75) is 30.4 Å². The molecule has 1 fully saturated rings. The highest BCUT2D eigenvalue weighted by molar-refractivity contribution is 7.03. The third-order valence-electron chi connectivity index (χ3n) is 7.86. The summed E-state index contributed by atoms with van der Waals surface area (Å²) in [5, 5.41) is 3.09. The largest absolute Gasteiger partial charge is 0.345 e. The number of hydrogen-bond acceptors (Lipinski definition) is 1. The Bertz CT molecular complexity index is 1300. The van der Waals surface area contributed by atoms with Crippen molar-refractivity contribution < 1.29 is 0 Å². The molecule has 0 unspecified atom stereocenters. The fourth-order valence-electron chi connectivity index (χ4n) is 5.92. The van der Waals surface area contributed by atoms with Gasteiger partial charge in [-0.1, -0.05) is 145 Å². The first-order valence-electron chi connectivity index (χ1n) is 13.1. The van der Waals surface area contributed by atoms with Crippen LogP contribution in [0, 0.1) is 0 Å². The molecule has 1 heterocycles. The van der Waals surface area contributed by atoms with Crippen LogP contribution in [0.3, 0.4) is 0 Å². The molecule has 6 rings (SSSR count). The lowest BCUT2D eigenvalue weighted by molar-refractivity contribution is 0.875. The Morgan fingerprint density at radius 3 is 1.64 bits per heavy atom. The van der Waals surface area contributed by atoms with Gasteiger partial charge in [0.25, 0.3) is 0 Å². The highest BCUT2D eigenvalue weighted by atomic mass is 28.3. The number of benzene rings is 4. The maximum atomic E-state index is 4.94. The van der Waals surface area contributed by atoms with E-state index in [4.69, 9.17) is 4.98 Å². The van der Waals surface area contributed by atoms with Crippen molar-refractivity contribution in [3.8, 4) is 0 Å². The molecule has 0 spiro atoms. The van der Waals surface area contributed by atoms with Gasteiger partial charge in [-0.25, -0.2) is 0 Å². The van der Waals surface area contributed by atoms with Gasteiger partial charge in [-0.2, -0.15) is 0 Å². The van der Waals surface area contributed by atoms with Crippen molar-refractivity contribution >= 4 is 31.5 Å². The van der Waals surface area contributed by atoms with Gasteiger partial charge in [0.05, 0.1) is 5.72 Å². The second-order valence-corrected chi connectivity index (χ2v) is 14.3. The minimum atomic E-state index is -2.04. The summed E-state index contributed by atoms with van der Waals surface area (Å²) < 4.78 is 2.49. The van der Waals surface area contributed by atoms with E-state index in [1.165, 1.54) is 29.7 Å². The molecule has 1 aliphatic rings. The highest BCUT2D eigenvalue weighted by Gasteiger charge is 2.50. The summed E-state index contributed by atoms with van der Waals surface area (Å²) in [5.74, 6) is 0.277. The molecule has 0 amide bonds. The van der Waals surface area contributed by atoms with Crippen LogP contribution in [0.25, 0.3) is 0 Å². The molecular formula is C32H31BN2Si. The number of imidazole rings is 1. The van der Waals surface area contributed by atoms with Gasteiger partial charge >= 0.3 is 0 Å². The summed E-state index contributed by atoms with van der Waals surface area (Å²) in [6, 6.07) is 44.5. The molecule has 1 aliphatic carbocycles. The second kappa shape index (κ2) is 10.2. The molecule has 5 aromatic rings. The van der Waals surface area contributed by atoms with Gasteiger partial charge in [-0.15, -0.1) is 0 Å². The van der Waals surface area contributed by atoms with Gasteiger partial charge in [0.1, 0.15) is 8.07 Å². The van der Waals surface area contributed by atoms with E-state index in [1.807, 2.05) is 6.20 Å². The van der Waals surface area contributed by atoms with E-state index in [0.29, 0.717) is 0 Å². The Morgan fingerprint density at radius 1 is 0.694 bits per heavy atom. The zero-order valence-electron chi connectivity index (χ0n) is 20.6. The van der Waals surface area contributed by atoms with Gasteiger partial charge < -0.3 is 4.57 Å². The van der Waals surface area contributed by atoms with Crippen LogP contribution >= 0.6 is 0 Å². The molecule has 0 radical (unpaired) electrons. The topological polar surface area (TPSA) is 17.8 Å². The predicted octanol–water partition coefficient (Wildman–Crippen LogP) is 4.70. The molecule has 2 nitrogen and oxygen atoms in total. The minimum absolute atomic E-state index is 0.277. The summed E-state index contributed by atoms with van der Waals surface area (Å²) in [5.41, 5.74) is 4.64. The highest BCUT2D eigenvalue weighted by Crippen LogP contribution is 2.45. The lowest BCUT2D eigenvalue weighted by atomic mass is 9.58. The number of rotatable bonds is 9. The molecule has 0 atom stereocenters. The van der Waals surface area contributed by atoms with E-state index in [0.717, 1.165) is 19.0 Å². The van der Waals surface area contributed by atoms with Crippen molar-refractivity contribution in [1.82, 2.24) is 9.55 Å². The number of hydrogen-bond donors (Lipinski definition) is 0.